The molecule has 0 heterocycles. The van der Waals surface area contributed by atoms with E-state index in [1.807, 2.05) is 0 Å². The number of halogens is 1. The van der Waals surface area contributed by atoms with Gasteiger partial charge in [-0.05, 0) is 45.7 Å². The van der Waals surface area contributed by atoms with Gasteiger partial charge in [-0.25, -0.2) is 9.18 Å². The number of aliphatic hydroxyl groups is 1. The van der Waals surface area contributed by atoms with Gasteiger partial charge in [0.05, 0.1) is 6.04 Å². The van der Waals surface area contributed by atoms with E-state index in [0.29, 0.717) is 12.0 Å². The van der Waals surface area contributed by atoms with Crippen molar-refractivity contribution in [1.29, 1.82) is 0 Å². The van der Waals surface area contributed by atoms with Crippen LogP contribution in [-0.4, -0.2) is 23.4 Å². The van der Waals surface area contributed by atoms with Gasteiger partial charge in [0.1, 0.15) is 11.4 Å². The lowest BCUT2D eigenvalue weighted by Gasteiger charge is -2.22. The van der Waals surface area contributed by atoms with Crippen molar-refractivity contribution >= 4 is 6.09 Å². The van der Waals surface area contributed by atoms with Crippen LogP contribution in [0.25, 0.3) is 0 Å². The molecule has 0 radical (unpaired) electrons. The molecule has 1 atom stereocenters. The van der Waals surface area contributed by atoms with Crippen LogP contribution in [0.2, 0.25) is 0 Å². The van der Waals surface area contributed by atoms with Crippen molar-refractivity contribution in [3.63, 3.8) is 0 Å². The normalized spacial score (nSPS) is 12.9. The molecule has 0 fully saturated rings. The van der Waals surface area contributed by atoms with E-state index >= 15 is 0 Å². The first kappa shape index (κ1) is 16.4. The van der Waals surface area contributed by atoms with E-state index in [-0.39, 0.29) is 6.61 Å². The second-order valence-corrected chi connectivity index (χ2v) is 5.70. The van der Waals surface area contributed by atoms with Crippen LogP contribution in [-0.2, 0) is 11.2 Å². The van der Waals surface area contributed by atoms with E-state index in [1.54, 1.807) is 39.8 Å². The molecule has 0 saturated carbocycles. The molecule has 1 aromatic carbocycles. The Morgan fingerprint density at radius 1 is 1.45 bits per heavy atom. The third-order valence-electron chi connectivity index (χ3n) is 2.66. The molecule has 2 N–H and O–H groups in total. The van der Waals surface area contributed by atoms with Gasteiger partial charge < -0.3 is 15.2 Å². The number of aliphatic hydroxyl groups excluding tert-OH is 1. The zero-order valence-electron chi connectivity index (χ0n) is 12.4. The molecule has 1 rings (SSSR count). The van der Waals surface area contributed by atoms with Gasteiger partial charge in [-0.3, -0.25) is 0 Å². The maximum absolute atomic E-state index is 13.8. The van der Waals surface area contributed by atoms with E-state index in [4.69, 9.17) is 9.84 Å². The number of nitrogens with one attached hydrogen (secondary N) is 1. The molecule has 4 nitrogen and oxygen atoms in total. The minimum absolute atomic E-state index is 0.00104. The van der Waals surface area contributed by atoms with Crippen molar-refractivity contribution in [3.05, 3.63) is 35.1 Å². The topological polar surface area (TPSA) is 58.6 Å². The Morgan fingerprint density at radius 3 is 2.65 bits per heavy atom. The van der Waals surface area contributed by atoms with Crippen LogP contribution in [0.4, 0.5) is 9.18 Å². The highest BCUT2D eigenvalue weighted by atomic mass is 19.1. The van der Waals surface area contributed by atoms with Crippen molar-refractivity contribution in [3.8, 4) is 0 Å². The number of carbonyl (C=O) groups is 1. The predicted molar refractivity (Wildman–Crippen MR) is 75.0 cm³/mol. The Labute approximate surface area is 119 Å². The Kier molecular flexibility index (Phi) is 5.51. The standard InChI is InChI=1S/C15H22FNO3/c1-10(17-14(19)20-15(2,3)4)12-9-11(7-8-18)5-6-13(12)16/h5-6,9-10,18H,7-8H2,1-4H3,(H,17,19)/t10-/m1/s1. The lowest BCUT2D eigenvalue weighted by Crippen LogP contribution is -2.34. The van der Waals surface area contributed by atoms with Gasteiger partial charge >= 0.3 is 6.09 Å². The number of alkyl carbamates (subject to hydrolysis) is 1. The van der Waals surface area contributed by atoms with Crippen molar-refractivity contribution in [2.75, 3.05) is 6.61 Å². The van der Waals surface area contributed by atoms with Crippen LogP contribution in [0.1, 0.15) is 44.9 Å². The number of carbonyl (C=O) groups excluding carboxylic acids is 1. The van der Waals surface area contributed by atoms with Crippen LogP contribution >= 0.6 is 0 Å². The van der Waals surface area contributed by atoms with E-state index in [9.17, 15) is 9.18 Å². The SMILES string of the molecule is C[C@@H](NC(=O)OC(C)(C)C)c1cc(CCO)ccc1F. The van der Waals surface area contributed by atoms with Crippen LogP contribution in [0, 0.1) is 5.82 Å². The Balaban J connectivity index is 2.78. The molecule has 0 spiro atoms. The highest BCUT2D eigenvalue weighted by Gasteiger charge is 2.19. The summed E-state index contributed by atoms with van der Waals surface area (Å²) in [5, 5.41) is 11.5. The number of benzene rings is 1. The quantitative estimate of drug-likeness (QED) is 0.893. The molecule has 1 aromatic rings. The van der Waals surface area contributed by atoms with Crippen molar-refractivity contribution in [2.45, 2.75) is 45.8 Å². The second-order valence-electron chi connectivity index (χ2n) is 5.70. The molecule has 0 unspecified atom stereocenters. The van der Waals surface area contributed by atoms with Gasteiger partial charge in [-0.15, -0.1) is 0 Å². The molecule has 1 amide bonds. The van der Waals surface area contributed by atoms with E-state index < -0.39 is 23.6 Å². The lowest BCUT2D eigenvalue weighted by atomic mass is 10.0. The number of rotatable bonds is 4. The minimum atomic E-state index is -0.596. The molecule has 0 aliphatic carbocycles. The first-order valence-electron chi connectivity index (χ1n) is 6.61. The summed E-state index contributed by atoms with van der Waals surface area (Å²) in [7, 11) is 0. The fourth-order valence-electron chi connectivity index (χ4n) is 1.77. The summed E-state index contributed by atoms with van der Waals surface area (Å²) in [6.45, 7) is 6.98. The fraction of sp³-hybridized carbons (Fsp3) is 0.533. The second kappa shape index (κ2) is 6.70. The molecular weight excluding hydrogens is 261 g/mol. The van der Waals surface area contributed by atoms with Crippen LogP contribution < -0.4 is 5.32 Å². The van der Waals surface area contributed by atoms with E-state index in [2.05, 4.69) is 5.32 Å². The third kappa shape index (κ3) is 5.17. The molecule has 20 heavy (non-hydrogen) atoms. The average Bonchev–Trinajstić information content (AvgIpc) is 2.29. The van der Waals surface area contributed by atoms with Crippen molar-refractivity contribution in [2.24, 2.45) is 0 Å². The first-order valence-corrected chi connectivity index (χ1v) is 6.61. The molecule has 112 valence electrons. The molecule has 5 heteroatoms. The Bertz CT molecular complexity index is 469. The largest absolute Gasteiger partial charge is 0.444 e. The van der Waals surface area contributed by atoms with Gasteiger partial charge in [-0.1, -0.05) is 12.1 Å². The monoisotopic (exact) mass is 283 g/mol. The summed E-state index contributed by atoms with van der Waals surface area (Å²) >= 11 is 0. The summed E-state index contributed by atoms with van der Waals surface area (Å²) in [6, 6.07) is 4.10. The molecule has 0 saturated heterocycles. The first-order chi connectivity index (χ1) is 9.23. The molecule has 0 aliphatic heterocycles. The summed E-state index contributed by atoms with van der Waals surface area (Å²) in [5.74, 6) is -0.393. The van der Waals surface area contributed by atoms with Gasteiger partial charge in [0.15, 0.2) is 0 Å². The van der Waals surface area contributed by atoms with Crippen molar-refractivity contribution in [1.82, 2.24) is 5.32 Å². The zero-order valence-corrected chi connectivity index (χ0v) is 12.4. The predicted octanol–water partition coefficient (Wildman–Crippen LogP) is 2.95. The maximum atomic E-state index is 13.8. The van der Waals surface area contributed by atoms with E-state index in [0.717, 1.165) is 5.56 Å². The molecule has 0 aromatic heterocycles. The van der Waals surface area contributed by atoms with Gasteiger partial charge in [-0.2, -0.15) is 0 Å². The fourth-order valence-corrected chi connectivity index (χ4v) is 1.77. The maximum Gasteiger partial charge on any atom is 0.408 e. The summed E-state index contributed by atoms with van der Waals surface area (Å²) < 4.78 is 18.9. The summed E-state index contributed by atoms with van der Waals surface area (Å²) in [6.07, 6.45) is -0.135. The number of ether oxygens (including phenoxy) is 1. The number of hydrogen-bond donors (Lipinski definition) is 2. The van der Waals surface area contributed by atoms with Crippen LogP contribution in [0.5, 0.6) is 0 Å². The minimum Gasteiger partial charge on any atom is -0.444 e. The van der Waals surface area contributed by atoms with Gasteiger partial charge in [0, 0.05) is 12.2 Å². The van der Waals surface area contributed by atoms with E-state index in [1.165, 1.54) is 6.07 Å². The average molecular weight is 283 g/mol. The van der Waals surface area contributed by atoms with Crippen LogP contribution in [0.15, 0.2) is 18.2 Å². The highest BCUT2D eigenvalue weighted by Crippen LogP contribution is 2.19. The number of hydrogen-bond acceptors (Lipinski definition) is 3. The Hall–Kier alpha value is -1.62. The third-order valence-corrected chi connectivity index (χ3v) is 2.66. The zero-order chi connectivity index (χ0) is 15.3. The molecule has 0 bridgehead atoms. The summed E-state index contributed by atoms with van der Waals surface area (Å²) in [4.78, 5) is 11.7. The highest BCUT2D eigenvalue weighted by molar-refractivity contribution is 5.68. The van der Waals surface area contributed by atoms with Crippen LogP contribution in [0.3, 0.4) is 0 Å². The van der Waals surface area contributed by atoms with Gasteiger partial charge in [0.2, 0.25) is 0 Å². The molecular formula is C15H22FNO3. The van der Waals surface area contributed by atoms with Crippen molar-refractivity contribution < 1.29 is 19.0 Å². The smallest absolute Gasteiger partial charge is 0.408 e. The molecule has 0 aliphatic rings. The Morgan fingerprint density at radius 2 is 2.10 bits per heavy atom. The van der Waals surface area contributed by atoms with Gasteiger partial charge in [0.25, 0.3) is 0 Å². The summed E-state index contributed by atoms with van der Waals surface area (Å²) in [5.41, 5.74) is 0.602. The number of amides is 1. The lowest BCUT2D eigenvalue weighted by molar-refractivity contribution is 0.0507.